The highest BCUT2D eigenvalue weighted by Gasteiger charge is 2.30. The molecule has 7 heteroatoms. The number of hydrogen-bond acceptors (Lipinski definition) is 3. The first-order valence-corrected chi connectivity index (χ1v) is 8.27. The summed E-state index contributed by atoms with van der Waals surface area (Å²) >= 11 is 0. The molecule has 0 aliphatic carbocycles. The van der Waals surface area contributed by atoms with Crippen molar-refractivity contribution in [2.24, 2.45) is 0 Å². The van der Waals surface area contributed by atoms with Crippen LogP contribution in [0.3, 0.4) is 0 Å². The number of likely N-dealkylation sites (tertiary alicyclic amines) is 1. The largest absolute Gasteiger partial charge is 0.350 e. The van der Waals surface area contributed by atoms with Gasteiger partial charge in [-0.15, -0.1) is 0 Å². The molecule has 2 unspecified atom stereocenters. The summed E-state index contributed by atoms with van der Waals surface area (Å²) in [6.07, 6.45) is 2.00. The van der Waals surface area contributed by atoms with Crippen molar-refractivity contribution >= 4 is 11.8 Å². The number of halogens is 2. The van der Waals surface area contributed by atoms with Crippen LogP contribution in [0.25, 0.3) is 0 Å². The van der Waals surface area contributed by atoms with Crippen LogP contribution in [0, 0.1) is 11.6 Å². The molecule has 2 N–H and O–H groups in total. The Balaban J connectivity index is 1.66. The third-order valence-corrected chi connectivity index (χ3v) is 4.71. The maximum Gasteiger partial charge on any atom is 0.239 e. The molecule has 1 aromatic rings. The Bertz CT molecular complexity index is 638. The summed E-state index contributed by atoms with van der Waals surface area (Å²) in [6, 6.07) is 3.68. The second-order valence-corrected chi connectivity index (χ2v) is 6.37. The SMILES string of the molecule is O=C(CN1CCCC1=O)NC1CNCCC1c1ccc(F)c(F)c1. The van der Waals surface area contributed by atoms with Crippen molar-refractivity contribution in [3.8, 4) is 0 Å². The fourth-order valence-corrected chi connectivity index (χ4v) is 3.45. The third-order valence-electron chi connectivity index (χ3n) is 4.71. The van der Waals surface area contributed by atoms with Gasteiger partial charge in [-0.05, 0) is 37.1 Å². The lowest BCUT2D eigenvalue weighted by molar-refractivity contribution is -0.133. The first-order valence-electron chi connectivity index (χ1n) is 8.27. The van der Waals surface area contributed by atoms with Gasteiger partial charge in [-0.2, -0.15) is 0 Å². The molecule has 2 heterocycles. The Labute approximate surface area is 139 Å². The van der Waals surface area contributed by atoms with Crippen molar-refractivity contribution in [3.63, 3.8) is 0 Å². The average molecular weight is 337 g/mol. The van der Waals surface area contributed by atoms with Crippen molar-refractivity contribution < 1.29 is 18.4 Å². The molecule has 2 atom stereocenters. The molecule has 2 fully saturated rings. The fourth-order valence-electron chi connectivity index (χ4n) is 3.45. The lowest BCUT2D eigenvalue weighted by atomic mass is 9.86. The number of nitrogens with one attached hydrogen (secondary N) is 2. The van der Waals surface area contributed by atoms with Gasteiger partial charge in [-0.1, -0.05) is 6.07 Å². The van der Waals surface area contributed by atoms with Gasteiger partial charge in [-0.25, -0.2) is 8.78 Å². The standard InChI is InChI=1S/C17H21F2N3O2/c18-13-4-3-11(8-14(13)19)12-5-6-20-9-15(12)21-16(23)10-22-7-1-2-17(22)24/h3-4,8,12,15,20H,1-2,5-7,9-10H2,(H,21,23). The van der Waals surface area contributed by atoms with Crippen LogP contribution in [-0.2, 0) is 9.59 Å². The van der Waals surface area contributed by atoms with Crippen molar-refractivity contribution in [1.29, 1.82) is 0 Å². The zero-order chi connectivity index (χ0) is 17.1. The summed E-state index contributed by atoms with van der Waals surface area (Å²) in [5.74, 6) is -2.05. The average Bonchev–Trinajstić information content (AvgIpc) is 2.95. The third kappa shape index (κ3) is 3.72. The highest BCUT2D eigenvalue weighted by atomic mass is 19.2. The van der Waals surface area contributed by atoms with E-state index in [2.05, 4.69) is 10.6 Å². The zero-order valence-corrected chi connectivity index (χ0v) is 13.4. The van der Waals surface area contributed by atoms with Gasteiger partial charge >= 0.3 is 0 Å². The summed E-state index contributed by atoms with van der Waals surface area (Å²) in [5.41, 5.74) is 0.679. The molecule has 3 rings (SSSR count). The van der Waals surface area contributed by atoms with E-state index >= 15 is 0 Å². The molecule has 24 heavy (non-hydrogen) atoms. The van der Waals surface area contributed by atoms with Crippen LogP contribution in [0.2, 0.25) is 0 Å². The molecule has 5 nitrogen and oxygen atoms in total. The van der Waals surface area contributed by atoms with E-state index in [1.54, 1.807) is 11.0 Å². The van der Waals surface area contributed by atoms with E-state index in [-0.39, 0.29) is 30.3 Å². The van der Waals surface area contributed by atoms with Crippen LogP contribution in [0.5, 0.6) is 0 Å². The van der Waals surface area contributed by atoms with Crippen molar-refractivity contribution in [2.75, 3.05) is 26.2 Å². The minimum Gasteiger partial charge on any atom is -0.350 e. The molecule has 0 aromatic heterocycles. The number of amides is 2. The lowest BCUT2D eigenvalue weighted by Crippen LogP contribution is -2.52. The molecule has 2 saturated heterocycles. The van der Waals surface area contributed by atoms with Crippen molar-refractivity contribution in [1.82, 2.24) is 15.5 Å². The molecule has 0 radical (unpaired) electrons. The van der Waals surface area contributed by atoms with E-state index in [9.17, 15) is 18.4 Å². The number of carbonyl (C=O) groups is 2. The zero-order valence-electron chi connectivity index (χ0n) is 13.4. The van der Waals surface area contributed by atoms with Crippen LogP contribution in [0.1, 0.15) is 30.7 Å². The number of piperidine rings is 1. The number of benzene rings is 1. The molecule has 0 bridgehead atoms. The molecular formula is C17H21F2N3O2. The quantitative estimate of drug-likeness (QED) is 0.866. The molecule has 0 saturated carbocycles. The maximum atomic E-state index is 13.5. The van der Waals surface area contributed by atoms with Gasteiger partial charge in [0, 0.05) is 31.5 Å². The highest BCUT2D eigenvalue weighted by molar-refractivity contribution is 5.86. The first kappa shape index (κ1) is 16.8. The minimum absolute atomic E-state index is 0.00377. The summed E-state index contributed by atoms with van der Waals surface area (Å²) in [5, 5.41) is 6.14. The predicted octanol–water partition coefficient (Wildman–Crippen LogP) is 1.15. The summed E-state index contributed by atoms with van der Waals surface area (Å²) in [4.78, 5) is 25.4. The second-order valence-electron chi connectivity index (χ2n) is 6.37. The number of hydrogen-bond donors (Lipinski definition) is 2. The minimum atomic E-state index is -0.876. The molecule has 2 aliphatic rings. The smallest absolute Gasteiger partial charge is 0.239 e. The normalized spacial score (nSPS) is 24.2. The van der Waals surface area contributed by atoms with Gasteiger partial charge in [0.25, 0.3) is 0 Å². The fraction of sp³-hybridized carbons (Fsp3) is 0.529. The number of rotatable bonds is 4. The van der Waals surface area contributed by atoms with Gasteiger partial charge in [0.2, 0.25) is 11.8 Å². The molecular weight excluding hydrogens is 316 g/mol. The topological polar surface area (TPSA) is 61.4 Å². The molecule has 2 aliphatic heterocycles. The van der Waals surface area contributed by atoms with Gasteiger partial charge in [0.1, 0.15) is 0 Å². The predicted molar refractivity (Wildman–Crippen MR) is 84.3 cm³/mol. The lowest BCUT2D eigenvalue weighted by Gasteiger charge is -2.33. The highest BCUT2D eigenvalue weighted by Crippen LogP contribution is 2.27. The molecule has 0 spiro atoms. The van der Waals surface area contributed by atoms with Gasteiger partial charge < -0.3 is 15.5 Å². The summed E-state index contributed by atoms with van der Waals surface area (Å²) in [6.45, 7) is 1.98. The molecule has 130 valence electrons. The molecule has 1 aromatic carbocycles. The Morgan fingerprint density at radius 3 is 2.88 bits per heavy atom. The Kier molecular flexibility index (Phi) is 5.08. The Morgan fingerprint density at radius 1 is 1.33 bits per heavy atom. The monoisotopic (exact) mass is 337 g/mol. The van der Waals surface area contributed by atoms with Gasteiger partial charge in [0.15, 0.2) is 11.6 Å². The van der Waals surface area contributed by atoms with E-state index in [4.69, 9.17) is 0 Å². The summed E-state index contributed by atoms with van der Waals surface area (Å²) < 4.78 is 26.7. The van der Waals surface area contributed by atoms with Crippen LogP contribution >= 0.6 is 0 Å². The van der Waals surface area contributed by atoms with E-state index in [1.807, 2.05) is 0 Å². The Hall–Kier alpha value is -2.02. The summed E-state index contributed by atoms with van der Waals surface area (Å²) in [7, 11) is 0. The van der Waals surface area contributed by atoms with Crippen LogP contribution in [-0.4, -0.2) is 48.9 Å². The van der Waals surface area contributed by atoms with E-state index in [1.165, 1.54) is 6.07 Å². The van der Waals surface area contributed by atoms with E-state index < -0.39 is 11.6 Å². The van der Waals surface area contributed by atoms with Crippen molar-refractivity contribution in [2.45, 2.75) is 31.2 Å². The number of carbonyl (C=O) groups excluding carboxylic acids is 2. The van der Waals surface area contributed by atoms with Gasteiger partial charge in [-0.3, -0.25) is 9.59 Å². The van der Waals surface area contributed by atoms with Crippen molar-refractivity contribution in [3.05, 3.63) is 35.4 Å². The van der Waals surface area contributed by atoms with E-state index in [0.29, 0.717) is 25.1 Å². The first-order chi connectivity index (χ1) is 11.5. The van der Waals surface area contributed by atoms with Crippen LogP contribution in [0.4, 0.5) is 8.78 Å². The van der Waals surface area contributed by atoms with Gasteiger partial charge in [0.05, 0.1) is 6.54 Å². The maximum absolute atomic E-state index is 13.5. The molecule has 2 amide bonds. The Morgan fingerprint density at radius 2 is 2.17 bits per heavy atom. The second kappa shape index (κ2) is 7.25. The van der Waals surface area contributed by atoms with E-state index in [0.717, 1.165) is 25.5 Å². The van der Waals surface area contributed by atoms with Crippen LogP contribution in [0.15, 0.2) is 18.2 Å². The number of nitrogens with zero attached hydrogens (tertiary/aromatic N) is 1. The van der Waals surface area contributed by atoms with Crippen LogP contribution < -0.4 is 10.6 Å².